The Morgan fingerprint density at radius 2 is 1.94 bits per heavy atom. The van der Waals surface area contributed by atoms with Crippen LogP contribution in [0.15, 0.2) is 0 Å². The van der Waals surface area contributed by atoms with Gasteiger partial charge in [-0.1, -0.05) is 19.3 Å². The van der Waals surface area contributed by atoms with E-state index in [4.69, 9.17) is 5.73 Å². The molecule has 1 amide bonds. The molecule has 0 radical (unpaired) electrons. The number of carbonyl (C=O) groups excluding carboxylic acids is 1. The van der Waals surface area contributed by atoms with Gasteiger partial charge in [0.05, 0.1) is 7.11 Å². The smallest absolute Gasteiger partial charge is 0.421 e. The van der Waals surface area contributed by atoms with Crippen LogP contribution in [-0.4, -0.2) is 34.7 Å². The molecule has 4 N–H and O–H groups in total. The number of rotatable bonds is 5. The number of methoxy groups -OCH3 is 1. The number of carbonyl (C=O) groups is 1. The Kier molecular flexibility index (Phi) is 5.36. The quantitative estimate of drug-likeness (QED) is 0.660. The fraction of sp³-hybridized carbons (Fsp3) is 0.900. The van der Waals surface area contributed by atoms with Crippen molar-refractivity contribution in [3.8, 4) is 0 Å². The van der Waals surface area contributed by atoms with Crippen LogP contribution in [0.2, 0.25) is 0 Å². The van der Waals surface area contributed by atoms with Gasteiger partial charge < -0.3 is 10.5 Å². The van der Waals surface area contributed by atoms with Gasteiger partial charge in [-0.05, 0) is 24.8 Å². The minimum atomic E-state index is -3.87. The van der Waals surface area contributed by atoms with Gasteiger partial charge in [-0.15, -0.1) is 0 Å². The lowest BCUT2D eigenvalue weighted by molar-refractivity contribution is 0.177. The highest BCUT2D eigenvalue weighted by Crippen LogP contribution is 2.34. The lowest BCUT2D eigenvalue weighted by Crippen LogP contribution is -2.48. The predicted molar refractivity (Wildman–Crippen MR) is 67.0 cm³/mol. The third-order valence-corrected chi connectivity index (χ3v) is 4.35. The van der Waals surface area contributed by atoms with Crippen molar-refractivity contribution in [1.29, 1.82) is 0 Å². The van der Waals surface area contributed by atoms with Gasteiger partial charge in [0, 0.05) is 6.54 Å². The average molecular weight is 279 g/mol. The summed E-state index contributed by atoms with van der Waals surface area (Å²) in [5, 5.41) is 0. The molecule has 0 aromatic carbocycles. The fourth-order valence-electron chi connectivity index (χ4n) is 2.19. The Balaban J connectivity index is 2.54. The molecule has 106 valence electrons. The number of ether oxygens (including phenoxy) is 1. The maximum Gasteiger partial charge on any atom is 0.421 e. The highest BCUT2D eigenvalue weighted by atomic mass is 32.2. The van der Waals surface area contributed by atoms with E-state index in [0.717, 1.165) is 39.2 Å². The molecule has 1 saturated carbocycles. The molecule has 0 heterocycles. The summed E-state index contributed by atoms with van der Waals surface area (Å²) in [6.07, 6.45) is 4.09. The van der Waals surface area contributed by atoms with Crippen LogP contribution in [0, 0.1) is 5.41 Å². The first-order valence-corrected chi connectivity index (χ1v) is 7.47. The molecule has 0 aromatic rings. The second kappa shape index (κ2) is 6.35. The highest BCUT2D eigenvalue weighted by molar-refractivity contribution is 7.88. The lowest BCUT2D eigenvalue weighted by Gasteiger charge is -2.36. The van der Waals surface area contributed by atoms with Crippen molar-refractivity contribution >= 4 is 16.3 Å². The molecule has 0 atom stereocenters. The predicted octanol–water partition coefficient (Wildman–Crippen LogP) is 0.0860. The molecule has 1 rings (SSSR count). The van der Waals surface area contributed by atoms with Gasteiger partial charge in [0.15, 0.2) is 0 Å². The van der Waals surface area contributed by atoms with Gasteiger partial charge in [0.2, 0.25) is 0 Å². The summed E-state index contributed by atoms with van der Waals surface area (Å²) in [6.45, 7) is 0.684. The van der Waals surface area contributed by atoms with Gasteiger partial charge in [-0.3, -0.25) is 0 Å². The van der Waals surface area contributed by atoms with Crippen LogP contribution in [0.25, 0.3) is 0 Å². The van der Waals surface area contributed by atoms with Crippen molar-refractivity contribution in [3.05, 3.63) is 0 Å². The molecule has 0 bridgehead atoms. The lowest BCUT2D eigenvalue weighted by atomic mass is 9.74. The minimum Gasteiger partial charge on any atom is -0.452 e. The van der Waals surface area contributed by atoms with Crippen LogP contribution >= 0.6 is 0 Å². The molecule has 7 nitrogen and oxygen atoms in total. The SMILES string of the molecule is COC(=O)NS(=O)(=O)NCC1(CN)CCCCC1. The highest BCUT2D eigenvalue weighted by Gasteiger charge is 2.32. The topological polar surface area (TPSA) is 111 Å². The summed E-state index contributed by atoms with van der Waals surface area (Å²) in [5.74, 6) is 0. The van der Waals surface area contributed by atoms with E-state index in [1.807, 2.05) is 0 Å². The molecular formula is C10H21N3O4S. The van der Waals surface area contributed by atoms with Crippen molar-refractivity contribution in [1.82, 2.24) is 9.44 Å². The van der Waals surface area contributed by atoms with E-state index >= 15 is 0 Å². The number of nitrogens with two attached hydrogens (primary N) is 1. The molecule has 18 heavy (non-hydrogen) atoms. The summed E-state index contributed by atoms with van der Waals surface area (Å²) in [7, 11) is -2.77. The van der Waals surface area contributed by atoms with Gasteiger partial charge in [-0.25, -0.2) is 9.52 Å². The van der Waals surface area contributed by atoms with Crippen molar-refractivity contribution in [2.45, 2.75) is 32.1 Å². The molecule has 8 heteroatoms. The first kappa shape index (κ1) is 15.2. The van der Waals surface area contributed by atoms with Crippen molar-refractivity contribution in [2.24, 2.45) is 11.1 Å². The van der Waals surface area contributed by atoms with Crippen molar-refractivity contribution in [2.75, 3.05) is 20.2 Å². The van der Waals surface area contributed by atoms with Crippen LogP contribution in [0.5, 0.6) is 0 Å². The third-order valence-electron chi connectivity index (χ3n) is 3.39. The Morgan fingerprint density at radius 1 is 1.33 bits per heavy atom. The van der Waals surface area contributed by atoms with E-state index < -0.39 is 16.3 Å². The van der Waals surface area contributed by atoms with Gasteiger partial charge in [-0.2, -0.15) is 13.1 Å². The summed E-state index contributed by atoms with van der Waals surface area (Å²) in [4.78, 5) is 10.9. The average Bonchev–Trinajstić information content (AvgIpc) is 2.37. The van der Waals surface area contributed by atoms with Crippen molar-refractivity contribution < 1.29 is 17.9 Å². The standard InChI is InChI=1S/C10H21N3O4S/c1-17-9(14)13-18(15,16)12-8-10(7-11)5-3-2-4-6-10/h12H,2-8,11H2,1H3,(H,13,14). The molecule has 1 fully saturated rings. The third kappa shape index (κ3) is 4.43. The number of amides is 1. The number of hydrogen-bond donors (Lipinski definition) is 3. The van der Waals surface area contributed by atoms with E-state index in [9.17, 15) is 13.2 Å². The molecule has 0 saturated heterocycles. The zero-order valence-electron chi connectivity index (χ0n) is 10.6. The van der Waals surface area contributed by atoms with Crippen LogP contribution in [0.1, 0.15) is 32.1 Å². The van der Waals surface area contributed by atoms with E-state index in [1.165, 1.54) is 0 Å². The zero-order valence-corrected chi connectivity index (χ0v) is 11.4. The van der Waals surface area contributed by atoms with Gasteiger partial charge >= 0.3 is 16.3 Å². The van der Waals surface area contributed by atoms with E-state index in [1.54, 1.807) is 4.72 Å². The molecule has 1 aliphatic carbocycles. The summed E-state index contributed by atoms with van der Waals surface area (Å²) in [5.41, 5.74) is 5.56. The van der Waals surface area contributed by atoms with Crippen LogP contribution in [0.4, 0.5) is 4.79 Å². The maximum atomic E-state index is 11.5. The number of hydrogen-bond acceptors (Lipinski definition) is 5. The molecule has 0 unspecified atom stereocenters. The summed E-state index contributed by atoms with van der Waals surface area (Å²) in [6, 6.07) is 0. The first-order chi connectivity index (χ1) is 8.43. The normalized spacial score (nSPS) is 19.2. The maximum absolute atomic E-state index is 11.5. The van der Waals surface area contributed by atoms with Crippen LogP contribution in [0.3, 0.4) is 0 Å². The fourth-order valence-corrected chi connectivity index (χ4v) is 3.06. The Bertz CT molecular complexity index is 377. The molecule has 0 aromatic heterocycles. The Morgan fingerprint density at radius 3 is 2.44 bits per heavy atom. The van der Waals surface area contributed by atoms with Crippen LogP contribution in [-0.2, 0) is 14.9 Å². The second-order valence-corrected chi connectivity index (χ2v) is 6.18. The van der Waals surface area contributed by atoms with E-state index in [-0.39, 0.29) is 12.0 Å². The first-order valence-electron chi connectivity index (χ1n) is 5.98. The van der Waals surface area contributed by atoms with Crippen molar-refractivity contribution in [3.63, 3.8) is 0 Å². The molecule has 0 aliphatic heterocycles. The van der Waals surface area contributed by atoms with Gasteiger partial charge in [0.1, 0.15) is 0 Å². The zero-order chi connectivity index (χ0) is 13.6. The van der Waals surface area contributed by atoms with Gasteiger partial charge in [0.25, 0.3) is 0 Å². The Labute approximate surface area is 108 Å². The summed E-state index contributed by atoms with van der Waals surface area (Å²) < 4.78 is 31.4. The van der Waals surface area contributed by atoms with E-state index in [2.05, 4.69) is 9.46 Å². The molecule has 1 aliphatic rings. The Hall–Kier alpha value is -0.860. The number of nitrogens with one attached hydrogen (secondary N) is 2. The molecule has 0 spiro atoms. The minimum absolute atomic E-state index is 0.191. The second-order valence-electron chi connectivity index (χ2n) is 4.68. The summed E-state index contributed by atoms with van der Waals surface area (Å²) >= 11 is 0. The van der Waals surface area contributed by atoms with Crippen LogP contribution < -0.4 is 15.2 Å². The largest absolute Gasteiger partial charge is 0.452 e. The monoisotopic (exact) mass is 279 g/mol. The molecular weight excluding hydrogens is 258 g/mol. The van der Waals surface area contributed by atoms with E-state index in [0.29, 0.717) is 6.54 Å².